The van der Waals surface area contributed by atoms with E-state index in [1.165, 1.54) is 6.26 Å². The van der Waals surface area contributed by atoms with E-state index in [1.54, 1.807) is 12.4 Å². The van der Waals surface area contributed by atoms with E-state index in [0.29, 0.717) is 12.4 Å². The Bertz CT molecular complexity index is 1050. The van der Waals surface area contributed by atoms with Gasteiger partial charge in [0, 0.05) is 41.6 Å². The van der Waals surface area contributed by atoms with E-state index < -0.39 is 9.84 Å². The molecule has 4 rings (SSSR count). The SMILES string of the molecule is CS(=O)(=O)CC1(CNc2nc(-c3ccncc3)nc3ccccc23)CC1. The molecule has 0 bridgehead atoms. The van der Waals surface area contributed by atoms with Crippen LogP contribution in [-0.2, 0) is 9.84 Å². The van der Waals surface area contributed by atoms with Gasteiger partial charge in [0.05, 0.1) is 11.3 Å². The molecule has 0 saturated heterocycles. The summed E-state index contributed by atoms with van der Waals surface area (Å²) < 4.78 is 23.4. The van der Waals surface area contributed by atoms with Gasteiger partial charge in [0.25, 0.3) is 0 Å². The van der Waals surface area contributed by atoms with Crippen LogP contribution in [0.25, 0.3) is 22.3 Å². The highest BCUT2D eigenvalue weighted by atomic mass is 32.2. The maximum absolute atomic E-state index is 11.7. The summed E-state index contributed by atoms with van der Waals surface area (Å²) in [5.74, 6) is 1.58. The summed E-state index contributed by atoms with van der Waals surface area (Å²) >= 11 is 0. The number of aromatic nitrogens is 3. The van der Waals surface area contributed by atoms with Crippen molar-refractivity contribution >= 4 is 26.6 Å². The number of anilines is 1. The Labute approximate surface area is 152 Å². The summed E-state index contributed by atoms with van der Waals surface area (Å²) in [5.41, 5.74) is 1.58. The third-order valence-corrected chi connectivity index (χ3v) is 5.83. The van der Waals surface area contributed by atoms with Crippen LogP contribution < -0.4 is 5.32 Å². The van der Waals surface area contributed by atoms with Crippen molar-refractivity contribution in [3.8, 4) is 11.4 Å². The molecule has 0 amide bonds. The van der Waals surface area contributed by atoms with Gasteiger partial charge < -0.3 is 5.32 Å². The fraction of sp³-hybridized carbons (Fsp3) is 0.316. The Morgan fingerprint density at radius 1 is 1.08 bits per heavy atom. The molecule has 26 heavy (non-hydrogen) atoms. The lowest BCUT2D eigenvalue weighted by molar-refractivity contribution is 0.560. The highest BCUT2D eigenvalue weighted by Gasteiger charge is 2.45. The van der Waals surface area contributed by atoms with Gasteiger partial charge in [0.15, 0.2) is 5.82 Å². The monoisotopic (exact) mass is 368 g/mol. The van der Waals surface area contributed by atoms with Gasteiger partial charge in [-0.3, -0.25) is 4.98 Å². The number of hydrogen-bond donors (Lipinski definition) is 1. The number of para-hydroxylation sites is 1. The molecule has 0 radical (unpaired) electrons. The smallest absolute Gasteiger partial charge is 0.162 e. The molecule has 1 N–H and O–H groups in total. The molecule has 1 aromatic carbocycles. The highest BCUT2D eigenvalue weighted by Crippen LogP contribution is 2.46. The standard InChI is InChI=1S/C19H20N4O2S/c1-26(24,25)13-19(8-9-19)12-21-18-15-4-2-3-5-16(15)22-17(23-18)14-6-10-20-11-7-14/h2-7,10-11H,8-9,12-13H2,1H3,(H,21,22,23). The van der Waals surface area contributed by atoms with E-state index in [9.17, 15) is 8.42 Å². The minimum Gasteiger partial charge on any atom is -0.369 e. The number of sulfone groups is 1. The predicted octanol–water partition coefficient (Wildman–Crippen LogP) is 2.93. The van der Waals surface area contributed by atoms with Crippen molar-refractivity contribution in [2.24, 2.45) is 5.41 Å². The lowest BCUT2D eigenvalue weighted by atomic mass is 10.1. The normalized spacial score (nSPS) is 15.7. The number of nitrogens with zero attached hydrogens (tertiary/aromatic N) is 3. The number of hydrogen-bond acceptors (Lipinski definition) is 6. The summed E-state index contributed by atoms with van der Waals surface area (Å²) in [6, 6.07) is 11.6. The fourth-order valence-electron chi connectivity index (χ4n) is 3.22. The summed E-state index contributed by atoms with van der Waals surface area (Å²) in [5, 5.41) is 4.32. The number of rotatable bonds is 6. The topological polar surface area (TPSA) is 84.8 Å². The predicted molar refractivity (Wildman–Crippen MR) is 103 cm³/mol. The van der Waals surface area contributed by atoms with E-state index in [2.05, 4.69) is 15.3 Å². The zero-order valence-corrected chi connectivity index (χ0v) is 15.3. The zero-order chi connectivity index (χ0) is 18.2. The third kappa shape index (κ3) is 3.67. The van der Waals surface area contributed by atoms with E-state index in [1.807, 2.05) is 36.4 Å². The Morgan fingerprint density at radius 3 is 2.50 bits per heavy atom. The van der Waals surface area contributed by atoms with Gasteiger partial charge in [0.1, 0.15) is 15.7 Å². The minimum atomic E-state index is -3.00. The first kappa shape index (κ1) is 16.9. The van der Waals surface area contributed by atoms with Gasteiger partial charge in [-0.15, -0.1) is 0 Å². The fourth-order valence-corrected chi connectivity index (χ4v) is 4.72. The lowest BCUT2D eigenvalue weighted by Crippen LogP contribution is -2.24. The molecule has 1 aliphatic rings. The Balaban J connectivity index is 1.68. The molecule has 1 saturated carbocycles. The second-order valence-corrected chi connectivity index (χ2v) is 9.21. The van der Waals surface area contributed by atoms with Crippen molar-refractivity contribution in [1.82, 2.24) is 15.0 Å². The number of pyridine rings is 1. The molecule has 6 nitrogen and oxygen atoms in total. The molecular formula is C19H20N4O2S. The van der Waals surface area contributed by atoms with Crippen LogP contribution in [0.15, 0.2) is 48.8 Å². The van der Waals surface area contributed by atoms with Crippen LogP contribution in [0.3, 0.4) is 0 Å². The van der Waals surface area contributed by atoms with Crippen LogP contribution >= 0.6 is 0 Å². The third-order valence-electron chi connectivity index (χ3n) is 4.70. The van der Waals surface area contributed by atoms with E-state index in [4.69, 9.17) is 4.98 Å². The lowest BCUT2D eigenvalue weighted by Gasteiger charge is -2.17. The number of benzene rings is 1. The Hall–Kier alpha value is -2.54. The summed E-state index contributed by atoms with van der Waals surface area (Å²) in [4.78, 5) is 13.4. The van der Waals surface area contributed by atoms with Crippen molar-refractivity contribution in [2.75, 3.05) is 23.9 Å². The quantitative estimate of drug-likeness (QED) is 0.720. The molecule has 0 atom stereocenters. The first-order chi connectivity index (χ1) is 12.4. The van der Waals surface area contributed by atoms with Gasteiger partial charge in [-0.05, 0) is 37.1 Å². The van der Waals surface area contributed by atoms with Gasteiger partial charge in [-0.1, -0.05) is 12.1 Å². The van der Waals surface area contributed by atoms with Crippen LogP contribution in [-0.4, -0.2) is 41.9 Å². The first-order valence-corrected chi connectivity index (χ1v) is 10.6. The first-order valence-electron chi connectivity index (χ1n) is 8.53. The molecule has 134 valence electrons. The van der Waals surface area contributed by atoms with Crippen molar-refractivity contribution in [3.63, 3.8) is 0 Å². The average Bonchev–Trinajstić information content (AvgIpc) is 3.38. The van der Waals surface area contributed by atoms with Crippen molar-refractivity contribution in [2.45, 2.75) is 12.8 Å². The second kappa shape index (κ2) is 6.32. The molecule has 0 unspecified atom stereocenters. The molecule has 7 heteroatoms. The van der Waals surface area contributed by atoms with Gasteiger partial charge in [-0.25, -0.2) is 18.4 Å². The molecule has 1 fully saturated rings. The second-order valence-electron chi connectivity index (χ2n) is 7.07. The number of fused-ring (bicyclic) bond motifs is 1. The largest absolute Gasteiger partial charge is 0.369 e. The van der Waals surface area contributed by atoms with Crippen LogP contribution in [0.4, 0.5) is 5.82 Å². The van der Waals surface area contributed by atoms with E-state index in [0.717, 1.165) is 35.1 Å². The molecule has 2 heterocycles. The average molecular weight is 368 g/mol. The van der Waals surface area contributed by atoms with Crippen LogP contribution in [0.1, 0.15) is 12.8 Å². The maximum Gasteiger partial charge on any atom is 0.162 e. The van der Waals surface area contributed by atoms with Gasteiger partial charge in [-0.2, -0.15) is 0 Å². The van der Waals surface area contributed by atoms with Gasteiger partial charge >= 0.3 is 0 Å². The van der Waals surface area contributed by atoms with Gasteiger partial charge in [0.2, 0.25) is 0 Å². The minimum absolute atomic E-state index is 0.170. The number of nitrogens with one attached hydrogen (secondary N) is 1. The van der Waals surface area contributed by atoms with Crippen molar-refractivity contribution in [3.05, 3.63) is 48.8 Å². The Kier molecular flexibility index (Phi) is 4.11. The van der Waals surface area contributed by atoms with Crippen molar-refractivity contribution < 1.29 is 8.42 Å². The molecule has 0 aliphatic heterocycles. The van der Waals surface area contributed by atoms with Crippen LogP contribution in [0, 0.1) is 5.41 Å². The van der Waals surface area contributed by atoms with E-state index >= 15 is 0 Å². The summed E-state index contributed by atoms with van der Waals surface area (Å²) in [6.07, 6.45) is 6.58. The molecule has 2 aromatic heterocycles. The summed E-state index contributed by atoms with van der Waals surface area (Å²) in [6.45, 7) is 0.594. The highest BCUT2D eigenvalue weighted by molar-refractivity contribution is 7.90. The zero-order valence-electron chi connectivity index (χ0n) is 14.5. The Morgan fingerprint density at radius 2 is 1.81 bits per heavy atom. The van der Waals surface area contributed by atoms with Crippen LogP contribution in [0.2, 0.25) is 0 Å². The molecule has 3 aromatic rings. The van der Waals surface area contributed by atoms with Crippen molar-refractivity contribution in [1.29, 1.82) is 0 Å². The molecule has 1 aliphatic carbocycles. The maximum atomic E-state index is 11.7. The summed E-state index contributed by atoms with van der Waals surface area (Å²) in [7, 11) is -3.00. The molecular weight excluding hydrogens is 348 g/mol. The molecule has 0 spiro atoms. The van der Waals surface area contributed by atoms with Crippen LogP contribution in [0.5, 0.6) is 0 Å². The van der Waals surface area contributed by atoms with E-state index in [-0.39, 0.29) is 11.2 Å².